The van der Waals surface area contributed by atoms with Crippen molar-refractivity contribution < 1.29 is 19.7 Å². The second-order valence-electron chi connectivity index (χ2n) is 3.93. The highest BCUT2D eigenvalue weighted by molar-refractivity contribution is 5.75. The lowest BCUT2D eigenvalue weighted by Gasteiger charge is -2.17. The minimum atomic E-state index is -0.311. The minimum Gasteiger partial charge on any atom is -0.469 e. The number of nitrogens with one attached hydrogen (secondary N) is 1. The Kier molecular flexibility index (Phi) is 12.0. The second kappa shape index (κ2) is 10.9. The van der Waals surface area contributed by atoms with Crippen molar-refractivity contribution in [2.75, 3.05) is 33.4 Å². The minimum absolute atomic E-state index is 0.134. The highest BCUT2D eigenvalue weighted by Gasteiger charge is 2.25. The number of aliphatic hydroxyl groups is 2. The maximum atomic E-state index is 10.8. The topological polar surface area (TPSA) is 78.8 Å². The van der Waals surface area contributed by atoms with Gasteiger partial charge in [-0.1, -0.05) is 6.92 Å². The smallest absolute Gasteiger partial charge is 0.311 e. The Morgan fingerprint density at radius 1 is 1.25 bits per heavy atom. The van der Waals surface area contributed by atoms with Gasteiger partial charge in [-0.3, -0.25) is 4.79 Å². The number of hydrogen-bond acceptors (Lipinski definition) is 5. The summed E-state index contributed by atoms with van der Waals surface area (Å²) in [6.45, 7) is 7.13. The van der Waals surface area contributed by atoms with E-state index in [1.54, 1.807) is 0 Å². The highest BCUT2D eigenvalue weighted by Crippen LogP contribution is 2.20. The van der Waals surface area contributed by atoms with Gasteiger partial charge in [-0.25, -0.2) is 0 Å². The summed E-state index contributed by atoms with van der Waals surface area (Å²) in [6.07, 6.45) is 0.819. The first kappa shape index (κ1) is 17.7. The zero-order valence-corrected chi connectivity index (χ0v) is 10.7. The maximum absolute atomic E-state index is 10.8. The van der Waals surface area contributed by atoms with Crippen LogP contribution in [0.5, 0.6) is 0 Å². The van der Waals surface area contributed by atoms with Gasteiger partial charge < -0.3 is 20.3 Å². The molecule has 0 aromatic carbocycles. The van der Waals surface area contributed by atoms with E-state index in [4.69, 9.17) is 10.2 Å². The van der Waals surface area contributed by atoms with Crippen LogP contribution in [0.2, 0.25) is 0 Å². The van der Waals surface area contributed by atoms with Gasteiger partial charge in [0, 0.05) is 13.1 Å². The molecule has 0 bridgehead atoms. The SMILES string of the molecule is CCC(C)(C)C(=O)OC.OCCNCCO. The summed E-state index contributed by atoms with van der Waals surface area (Å²) in [5, 5.41) is 19.1. The molecule has 0 unspecified atom stereocenters. The van der Waals surface area contributed by atoms with Crippen molar-refractivity contribution in [3.63, 3.8) is 0 Å². The van der Waals surface area contributed by atoms with E-state index < -0.39 is 0 Å². The quantitative estimate of drug-likeness (QED) is 0.451. The number of ether oxygens (including phenoxy) is 1. The van der Waals surface area contributed by atoms with Crippen molar-refractivity contribution in [2.24, 2.45) is 5.41 Å². The molecule has 0 aliphatic rings. The molecular weight excluding hydrogens is 210 g/mol. The second-order valence-corrected chi connectivity index (χ2v) is 3.93. The lowest BCUT2D eigenvalue weighted by Crippen LogP contribution is -2.24. The van der Waals surface area contributed by atoms with E-state index >= 15 is 0 Å². The van der Waals surface area contributed by atoms with Crippen molar-refractivity contribution in [3.8, 4) is 0 Å². The molecule has 0 saturated carbocycles. The number of hydrogen-bond donors (Lipinski definition) is 3. The van der Waals surface area contributed by atoms with Crippen LogP contribution in [-0.4, -0.2) is 49.6 Å². The molecule has 0 spiro atoms. The van der Waals surface area contributed by atoms with Gasteiger partial charge in [-0.15, -0.1) is 0 Å². The van der Waals surface area contributed by atoms with Gasteiger partial charge in [-0.2, -0.15) is 0 Å². The molecule has 0 aliphatic heterocycles. The summed E-state index contributed by atoms with van der Waals surface area (Å²) >= 11 is 0. The van der Waals surface area contributed by atoms with Crippen LogP contribution in [0.4, 0.5) is 0 Å². The molecule has 5 heteroatoms. The number of carbonyl (C=O) groups is 1. The first-order valence-electron chi connectivity index (χ1n) is 5.47. The van der Waals surface area contributed by atoms with Crippen LogP contribution in [0.25, 0.3) is 0 Å². The molecular formula is C11H25NO4. The number of carbonyl (C=O) groups excluding carboxylic acids is 1. The van der Waals surface area contributed by atoms with E-state index in [-0.39, 0.29) is 24.6 Å². The lowest BCUT2D eigenvalue weighted by atomic mass is 9.91. The van der Waals surface area contributed by atoms with Crippen LogP contribution in [0.3, 0.4) is 0 Å². The van der Waals surface area contributed by atoms with Gasteiger partial charge in [0.15, 0.2) is 0 Å². The monoisotopic (exact) mass is 235 g/mol. The predicted octanol–water partition coefficient (Wildman–Crippen LogP) is 0.156. The third kappa shape index (κ3) is 9.89. The summed E-state index contributed by atoms with van der Waals surface area (Å²) in [4.78, 5) is 10.8. The van der Waals surface area contributed by atoms with Crippen molar-refractivity contribution in [1.29, 1.82) is 0 Å². The van der Waals surface area contributed by atoms with Crippen molar-refractivity contribution in [2.45, 2.75) is 27.2 Å². The first-order valence-corrected chi connectivity index (χ1v) is 5.47. The maximum Gasteiger partial charge on any atom is 0.311 e. The van der Waals surface area contributed by atoms with Crippen molar-refractivity contribution in [1.82, 2.24) is 5.32 Å². The average molecular weight is 235 g/mol. The van der Waals surface area contributed by atoms with E-state index in [9.17, 15) is 4.79 Å². The molecule has 0 aliphatic carbocycles. The van der Waals surface area contributed by atoms with Crippen LogP contribution in [0, 0.1) is 5.41 Å². The van der Waals surface area contributed by atoms with E-state index in [0.717, 1.165) is 6.42 Å². The average Bonchev–Trinajstić information content (AvgIpc) is 2.29. The fourth-order valence-corrected chi connectivity index (χ4v) is 0.704. The van der Waals surface area contributed by atoms with Gasteiger partial charge in [0.05, 0.1) is 25.7 Å². The normalized spacial score (nSPS) is 10.4. The van der Waals surface area contributed by atoms with E-state index in [0.29, 0.717) is 13.1 Å². The Labute approximate surface area is 97.8 Å². The molecule has 0 radical (unpaired) electrons. The highest BCUT2D eigenvalue weighted by atomic mass is 16.5. The van der Waals surface area contributed by atoms with E-state index in [2.05, 4.69) is 10.1 Å². The Bertz CT molecular complexity index is 167. The van der Waals surface area contributed by atoms with Crippen molar-refractivity contribution >= 4 is 5.97 Å². The largest absolute Gasteiger partial charge is 0.469 e. The van der Waals surface area contributed by atoms with Gasteiger partial charge in [0.2, 0.25) is 0 Å². The lowest BCUT2D eigenvalue weighted by molar-refractivity contribution is -0.150. The Hall–Kier alpha value is -0.650. The summed E-state index contributed by atoms with van der Waals surface area (Å²) in [7, 11) is 1.42. The molecule has 0 atom stereocenters. The fraction of sp³-hybridized carbons (Fsp3) is 0.909. The third-order valence-electron chi connectivity index (χ3n) is 2.20. The van der Waals surface area contributed by atoms with E-state index in [1.807, 2.05) is 20.8 Å². The van der Waals surface area contributed by atoms with Crippen molar-refractivity contribution in [3.05, 3.63) is 0 Å². The molecule has 0 heterocycles. The first-order chi connectivity index (χ1) is 7.46. The third-order valence-corrected chi connectivity index (χ3v) is 2.20. The molecule has 5 nitrogen and oxygen atoms in total. The Morgan fingerprint density at radius 2 is 1.69 bits per heavy atom. The van der Waals surface area contributed by atoms with E-state index in [1.165, 1.54) is 7.11 Å². The van der Waals surface area contributed by atoms with Crippen LogP contribution in [0.1, 0.15) is 27.2 Å². The molecule has 98 valence electrons. The van der Waals surface area contributed by atoms with Gasteiger partial charge in [0.1, 0.15) is 0 Å². The molecule has 0 aromatic heterocycles. The Morgan fingerprint density at radius 3 is 1.88 bits per heavy atom. The summed E-state index contributed by atoms with van der Waals surface area (Å²) in [5.41, 5.74) is -0.311. The molecule has 16 heavy (non-hydrogen) atoms. The summed E-state index contributed by atoms with van der Waals surface area (Å²) < 4.78 is 4.57. The van der Waals surface area contributed by atoms with Crippen LogP contribution in [-0.2, 0) is 9.53 Å². The van der Waals surface area contributed by atoms with Crippen LogP contribution in [0.15, 0.2) is 0 Å². The molecule has 3 N–H and O–H groups in total. The molecule has 0 amide bonds. The standard InChI is InChI=1S/C7H14O2.C4H11NO2/c1-5-7(2,3)6(8)9-4;6-3-1-5-2-4-7/h5H2,1-4H3;5-7H,1-4H2. The molecule has 0 rings (SSSR count). The summed E-state index contributed by atoms with van der Waals surface area (Å²) in [6, 6.07) is 0. The number of rotatable bonds is 6. The predicted molar refractivity (Wildman–Crippen MR) is 63.1 cm³/mol. The Balaban J connectivity index is 0. The van der Waals surface area contributed by atoms with Gasteiger partial charge in [-0.05, 0) is 20.3 Å². The van der Waals surface area contributed by atoms with Crippen LogP contribution < -0.4 is 5.32 Å². The number of methoxy groups -OCH3 is 1. The zero-order chi connectivity index (χ0) is 13.0. The number of esters is 1. The zero-order valence-electron chi connectivity index (χ0n) is 10.7. The van der Waals surface area contributed by atoms with Crippen LogP contribution >= 0.6 is 0 Å². The van der Waals surface area contributed by atoms with Gasteiger partial charge in [0.25, 0.3) is 0 Å². The summed E-state index contributed by atoms with van der Waals surface area (Å²) in [5.74, 6) is -0.134. The molecule has 0 fully saturated rings. The molecule has 0 saturated heterocycles. The van der Waals surface area contributed by atoms with Gasteiger partial charge >= 0.3 is 5.97 Å². The number of aliphatic hydroxyl groups excluding tert-OH is 2. The molecule has 0 aromatic rings. The fourth-order valence-electron chi connectivity index (χ4n) is 0.704.